The number of hydrogen-bond acceptors (Lipinski definition) is 9. The molecule has 4 bridgehead atoms. The van der Waals surface area contributed by atoms with E-state index >= 15 is 0 Å². The minimum Gasteiger partial charge on any atom is -0.463 e. The topological polar surface area (TPSA) is 142 Å². The van der Waals surface area contributed by atoms with Crippen molar-refractivity contribution in [1.82, 2.24) is 4.72 Å². The highest BCUT2D eigenvalue weighted by molar-refractivity contribution is 7.90. The molecule has 3 unspecified atom stereocenters. The van der Waals surface area contributed by atoms with Crippen molar-refractivity contribution < 1.29 is 41.8 Å². The Hall–Kier alpha value is -3.47. The van der Waals surface area contributed by atoms with Crippen LogP contribution in [0.3, 0.4) is 0 Å². The molecule has 4 aliphatic carbocycles. The maximum Gasteiger partial charge on any atom is 0.347 e. The van der Waals surface area contributed by atoms with Crippen LogP contribution < -0.4 is 4.72 Å². The van der Waals surface area contributed by atoms with Gasteiger partial charge in [0, 0.05) is 11.8 Å². The quantitative estimate of drug-likeness (QED) is 0.173. The SMILES string of the molecule is CCC(C)(CC(C)(CC(C)(C)C(=O)NS(=O)(=O)c1ccc2ccccc2c1)C(=O)OC1CCOC1=O)C(=O)OC1(CC)C2CC3CC(C2)CC1C3. The summed E-state index contributed by atoms with van der Waals surface area (Å²) in [6.45, 7) is 10.7. The van der Waals surface area contributed by atoms with Gasteiger partial charge in [0.15, 0.2) is 0 Å². The zero-order valence-electron chi connectivity index (χ0n) is 30.8. The van der Waals surface area contributed by atoms with Crippen molar-refractivity contribution in [2.45, 2.75) is 122 Å². The molecule has 51 heavy (non-hydrogen) atoms. The van der Waals surface area contributed by atoms with Gasteiger partial charge in [-0.3, -0.25) is 14.4 Å². The first-order valence-electron chi connectivity index (χ1n) is 18.6. The van der Waals surface area contributed by atoms with Gasteiger partial charge in [-0.05, 0) is 118 Å². The zero-order valence-corrected chi connectivity index (χ0v) is 31.6. The highest BCUT2D eigenvalue weighted by Crippen LogP contribution is 2.61. The van der Waals surface area contributed by atoms with Crippen LogP contribution in [-0.2, 0) is 43.4 Å². The van der Waals surface area contributed by atoms with Crippen LogP contribution in [0.5, 0.6) is 0 Å². The number of ether oxygens (including phenoxy) is 3. The van der Waals surface area contributed by atoms with Crippen LogP contribution in [0.25, 0.3) is 10.8 Å². The van der Waals surface area contributed by atoms with E-state index in [1.807, 2.05) is 19.1 Å². The van der Waals surface area contributed by atoms with Gasteiger partial charge < -0.3 is 14.2 Å². The zero-order chi connectivity index (χ0) is 37.0. The third-order valence-corrected chi connectivity index (χ3v) is 14.1. The van der Waals surface area contributed by atoms with Gasteiger partial charge in [-0.25, -0.2) is 17.9 Å². The Morgan fingerprint density at radius 1 is 0.863 bits per heavy atom. The lowest BCUT2D eigenvalue weighted by Crippen LogP contribution is -2.60. The Morgan fingerprint density at radius 3 is 2.06 bits per heavy atom. The van der Waals surface area contributed by atoms with E-state index in [1.54, 1.807) is 45.9 Å². The molecule has 2 aromatic rings. The molecule has 7 rings (SSSR count). The van der Waals surface area contributed by atoms with Crippen molar-refractivity contribution in [3.63, 3.8) is 0 Å². The van der Waals surface area contributed by atoms with Crippen molar-refractivity contribution in [3.05, 3.63) is 42.5 Å². The van der Waals surface area contributed by atoms with Gasteiger partial charge in [-0.1, -0.05) is 58.0 Å². The molecule has 10 nitrogen and oxygen atoms in total. The number of cyclic esters (lactones) is 1. The third-order valence-electron chi connectivity index (χ3n) is 12.7. The van der Waals surface area contributed by atoms with E-state index in [9.17, 15) is 27.6 Å². The second-order valence-corrected chi connectivity index (χ2v) is 18.7. The molecular formula is C40H53NO9S. The third kappa shape index (κ3) is 7.03. The molecule has 0 radical (unpaired) electrons. The summed E-state index contributed by atoms with van der Waals surface area (Å²) in [4.78, 5) is 54.8. The van der Waals surface area contributed by atoms with Gasteiger partial charge in [0.1, 0.15) is 5.60 Å². The summed E-state index contributed by atoms with van der Waals surface area (Å²) in [6, 6.07) is 11.9. The van der Waals surface area contributed by atoms with Crippen LogP contribution in [0.1, 0.15) is 106 Å². The Bertz CT molecular complexity index is 1790. The summed E-state index contributed by atoms with van der Waals surface area (Å²) >= 11 is 0. The summed E-state index contributed by atoms with van der Waals surface area (Å²) in [5, 5.41) is 1.56. The lowest BCUT2D eigenvalue weighted by molar-refractivity contribution is -0.220. The summed E-state index contributed by atoms with van der Waals surface area (Å²) in [6.07, 6.45) is 5.54. The molecule has 278 valence electrons. The molecule has 1 saturated heterocycles. The Kier molecular flexibility index (Phi) is 9.87. The van der Waals surface area contributed by atoms with Crippen molar-refractivity contribution >= 4 is 44.6 Å². The summed E-state index contributed by atoms with van der Waals surface area (Å²) in [5.41, 5.74) is -4.62. The lowest BCUT2D eigenvalue weighted by atomic mass is 9.49. The number of hydrogen-bond donors (Lipinski definition) is 1. The minimum absolute atomic E-state index is 0.0373. The largest absolute Gasteiger partial charge is 0.463 e. The van der Waals surface area contributed by atoms with Crippen LogP contribution >= 0.6 is 0 Å². The Morgan fingerprint density at radius 2 is 1.49 bits per heavy atom. The van der Waals surface area contributed by atoms with E-state index in [4.69, 9.17) is 14.2 Å². The van der Waals surface area contributed by atoms with Crippen molar-refractivity contribution in [3.8, 4) is 0 Å². The van der Waals surface area contributed by atoms with Gasteiger partial charge in [-0.15, -0.1) is 0 Å². The van der Waals surface area contributed by atoms with Gasteiger partial charge >= 0.3 is 17.9 Å². The number of nitrogens with one attached hydrogen (secondary N) is 1. The van der Waals surface area contributed by atoms with Crippen LogP contribution in [0.2, 0.25) is 0 Å². The molecule has 1 heterocycles. The maximum atomic E-state index is 14.5. The van der Waals surface area contributed by atoms with Crippen LogP contribution in [0.15, 0.2) is 47.4 Å². The predicted molar refractivity (Wildman–Crippen MR) is 190 cm³/mol. The van der Waals surface area contributed by atoms with E-state index in [-0.39, 0.29) is 36.7 Å². The predicted octanol–water partition coefficient (Wildman–Crippen LogP) is 6.88. The number of benzene rings is 2. The van der Waals surface area contributed by atoms with E-state index in [0.717, 1.165) is 37.5 Å². The van der Waals surface area contributed by atoms with E-state index < -0.39 is 55.8 Å². The Labute approximate surface area is 301 Å². The molecule has 1 N–H and O–H groups in total. The van der Waals surface area contributed by atoms with Crippen molar-refractivity contribution in [2.75, 3.05) is 6.61 Å². The number of fused-ring (bicyclic) bond motifs is 1. The fourth-order valence-corrected chi connectivity index (χ4v) is 11.2. The fourth-order valence-electron chi connectivity index (χ4n) is 10.1. The van der Waals surface area contributed by atoms with Crippen molar-refractivity contribution in [1.29, 1.82) is 0 Å². The van der Waals surface area contributed by atoms with Crippen LogP contribution in [0, 0.1) is 39.9 Å². The molecule has 4 saturated carbocycles. The van der Waals surface area contributed by atoms with Gasteiger partial charge in [0.25, 0.3) is 10.0 Å². The van der Waals surface area contributed by atoms with E-state index in [0.29, 0.717) is 35.5 Å². The summed E-state index contributed by atoms with van der Waals surface area (Å²) < 4.78 is 46.7. The molecule has 0 aromatic heterocycles. The average Bonchev–Trinajstić information content (AvgIpc) is 3.48. The molecule has 1 amide bonds. The molecule has 5 fully saturated rings. The molecule has 3 atom stereocenters. The van der Waals surface area contributed by atoms with Gasteiger partial charge in [-0.2, -0.15) is 0 Å². The summed E-state index contributed by atoms with van der Waals surface area (Å²) in [5.74, 6) is -0.551. The molecule has 5 aliphatic rings. The highest BCUT2D eigenvalue weighted by atomic mass is 32.2. The number of rotatable bonds is 13. The first-order valence-corrected chi connectivity index (χ1v) is 20.1. The number of carbonyl (C=O) groups is 4. The fraction of sp³-hybridized carbons (Fsp3) is 0.650. The Balaban J connectivity index is 1.25. The second-order valence-electron chi connectivity index (χ2n) is 17.0. The first-order chi connectivity index (χ1) is 23.9. The number of esters is 3. The molecule has 11 heteroatoms. The number of amides is 1. The monoisotopic (exact) mass is 723 g/mol. The first kappa shape index (κ1) is 37.3. The highest BCUT2D eigenvalue weighted by Gasteiger charge is 2.60. The van der Waals surface area contributed by atoms with Crippen LogP contribution in [0.4, 0.5) is 0 Å². The van der Waals surface area contributed by atoms with E-state index in [2.05, 4.69) is 11.6 Å². The van der Waals surface area contributed by atoms with Gasteiger partial charge in [0.2, 0.25) is 12.0 Å². The molecule has 2 aromatic carbocycles. The average molecular weight is 724 g/mol. The standard InChI is InChI=1S/C40H53NO9S/c1-7-38(5,36(45)50-40(8-2)29-18-25-17-26(20-29)21-30(40)19-25)24-39(6,35(44)49-32-15-16-48-33(32)42)23-37(3,4)34(43)41-51(46,47)31-14-13-27-11-9-10-12-28(27)22-31/h9-14,22,25-26,29-30,32H,7-8,15-21,23-24H2,1-6H3,(H,41,43). The molecule has 1 aliphatic heterocycles. The summed E-state index contributed by atoms with van der Waals surface area (Å²) in [7, 11) is -4.27. The molecular weight excluding hydrogens is 671 g/mol. The number of sulfonamides is 1. The maximum absolute atomic E-state index is 14.5. The number of carbonyl (C=O) groups excluding carboxylic acids is 4. The van der Waals surface area contributed by atoms with E-state index in [1.165, 1.54) is 18.6 Å². The van der Waals surface area contributed by atoms with Crippen LogP contribution in [-0.4, -0.2) is 50.5 Å². The lowest BCUT2D eigenvalue weighted by Gasteiger charge is -2.60. The second kappa shape index (κ2) is 13.5. The van der Waals surface area contributed by atoms with Crippen molar-refractivity contribution in [2.24, 2.45) is 39.9 Å². The normalized spacial score (nSPS) is 29.5. The molecule has 0 spiro atoms. The minimum atomic E-state index is -4.27. The smallest absolute Gasteiger partial charge is 0.347 e. The van der Waals surface area contributed by atoms with Gasteiger partial charge in [0.05, 0.1) is 22.3 Å².